The quantitative estimate of drug-likeness (QED) is 0.675. The summed E-state index contributed by atoms with van der Waals surface area (Å²) in [6.45, 7) is 0. The van der Waals surface area contributed by atoms with E-state index in [2.05, 4.69) is 10.6 Å². The molecule has 0 heterocycles. The Bertz CT molecular complexity index is 172. The van der Waals surface area contributed by atoms with Crippen LogP contribution in [0, 0.1) is 0 Å². The van der Waals surface area contributed by atoms with E-state index in [0.717, 1.165) is 5.11 Å². The molecule has 1 fully saturated rings. The van der Waals surface area contributed by atoms with Crippen molar-refractivity contribution < 1.29 is 0 Å². The molecule has 3 heteroatoms. The Balaban J connectivity index is 2.28. The molecule has 0 aromatic rings. The fourth-order valence-electron chi connectivity index (χ4n) is 2.21. The first-order chi connectivity index (χ1) is 7.33. The Morgan fingerprint density at radius 2 is 1.40 bits per heavy atom. The van der Waals surface area contributed by atoms with Crippen LogP contribution in [0.25, 0.3) is 0 Å². The lowest BCUT2D eigenvalue weighted by molar-refractivity contribution is 0.436. The minimum Gasteiger partial charge on any atom is -0.366 e. The summed E-state index contributed by atoms with van der Waals surface area (Å²) in [4.78, 5) is 0. The van der Waals surface area contributed by atoms with Gasteiger partial charge >= 0.3 is 0 Å². The molecule has 0 aliphatic heterocycles. The third-order valence-corrected chi connectivity index (χ3v) is 3.49. The minimum atomic E-state index is 0.600. The van der Waals surface area contributed by atoms with Gasteiger partial charge in [-0.05, 0) is 25.1 Å². The molecule has 2 N–H and O–H groups in total. The molecule has 0 aromatic heterocycles. The zero-order valence-electron chi connectivity index (χ0n) is 9.85. The highest BCUT2D eigenvalue weighted by Gasteiger charge is 2.10. The van der Waals surface area contributed by atoms with Crippen molar-refractivity contribution >= 4 is 17.3 Å². The zero-order valence-corrected chi connectivity index (χ0v) is 10.7. The van der Waals surface area contributed by atoms with E-state index in [0.29, 0.717) is 6.04 Å². The highest BCUT2D eigenvalue weighted by atomic mass is 32.1. The summed E-state index contributed by atoms with van der Waals surface area (Å²) in [5.41, 5.74) is 0. The van der Waals surface area contributed by atoms with E-state index in [4.69, 9.17) is 12.2 Å². The standard InChI is InChI=1S/C12H24N2S/c1-13-12(15)14-11-9-7-5-3-2-4-6-8-10-11/h11H,2-10H2,1H3,(H2,13,14,15). The summed E-state index contributed by atoms with van der Waals surface area (Å²) < 4.78 is 0. The van der Waals surface area contributed by atoms with Crippen molar-refractivity contribution in [1.82, 2.24) is 10.6 Å². The number of nitrogens with one attached hydrogen (secondary N) is 2. The topological polar surface area (TPSA) is 24.1 Å². The SMILES string of the molecule is CNC(=S)NC1CCCCCCCCC1. The van der Waals surface area contributed by atoms with Crippen LogP contribution >= 0.6 is 12.2 Å². The molecule has 1 aliphatic rings. The van der Waals surface area contributed by atoms with Gasteiger partial charge in [0.2, 0.25) is 0 Å². The van der Waals surface area contributed by atoms with Gasteiger partial charge in [0.15, 0.2) is 5.11 Å². The maximum Gasteiger partial charge on any atom is 0.166 e. The van der Waals surface area contributed by atoms with Gasteiger partial charge in [-0.3, -0.25) is 0 Å². The maximum absolute atomic E-state index is 5.15. The third kappa shape index (κ3) is 5.98. The molecule has 88 valence electrons. The van der Waals surface area contributed by atoms with Crippen LogP contribution in [0.2, 0.25) is 0 Å². The second-order valence-electron chi connectivity index (χ2n) is 4.47. The molecule has 0 amide bonds. The molecule has 0 saturated heterocycles. The van der Waals surface area contributed by atoms with Crippen molar-refractivity contribution in [2.24, 2.45) is 0 Å². The Labute approximate surface area is 99.2 Å². The first-order valence-corrected chi connectivity index (χ1v) is 6.72. The molecule has 2 nitrogen and oxygen atoms in total. The monoisotopic (exact) mass is 228 g/mol. The van der Waals surface area contributed by atoms with E-state index in [-0.39, 0.29) is 0 Å². The number of rotatable bonds is 1. The molecule has 1 aliphatic carbocycles. The van der Waals surface area contributed by atoms with Crippen LogP contribution in [-0.4, -0.2) is 18.2 Å². The first-order valence-electron chi connectivity index (χ1n) is 6.31. The predicted molar refractivity (Wildman–Crippen MR) is 70.1 cm³/mol. The van der Waals surface area contributed by atoms with Crippen molar-refractivity contribution in [3.05, 3.63) is 0 Å². The highest BCUT2D eigenvalue weighted by molar-refractivity contribution is 7.80. The molecule has 0 bridgehead atoms. The van der Waals surface area contributed by atoms with E-state index >= 15 is 0 Å². The average Bonchev–Trinajstić information content (AvgIpc) is 2.27. The molecule has 1 saturated carbocycles. The van der Waals surface area contributed by atoms with Crippen LogP contribution in [-0.2, 0) is 0 Å². The fraction of sp³-hybridized carbons (Fsp3) is 0.917. The second-order valence-corrected chi connectivity index (χ2v) is 4.88. The Hall–Kier alpha value is -0.310. The van der Waals surface area contributed by atoms with Crippen LogP contribution in [0.15, 0.2) is 0 Å². The summed E-state index contributed by atoms with van der Waals surface area (Å²) in [6.07, 6.45) is 12.3. The number of thiocarbonyl (C=S) groups is 1. The van der Waals surface area contributed by atoms with Crippen molar-refractivity contribution in [3.63, 3.8) is 0 Å². The van der Waals surface area contributed by atoms with Gasteiger partial charge in [-0.25, -0.2) is 0 Å². The van der Waals surface area contributed by atoms with Gasteiger partial charge in [-0.2, -0.15) is 0 Å². The van der Waals surface area contributed by atoms with Crippen molar-refractivity contribution in [2.45, 2.75) is 63.8 Å². The molecule has 0 aromatic carbocycles. The lowest BCUT2D eigenvalue weighted by Gasteiger charge is -2.21. The normalized spacial score (nSPS) is 20.6. The van der Waals surface area contributed by atoms with E-state index in [1.807, 2.05) is 7.05 Å². The summed E-state index contributed by atoms with van der Waals surface area (Å²) in [5.74, 6) is 0. The predicted octanol–water partition coefficient (Wildman–Crippen LogP) is 2.97. The second kappa shape index (κ2) is 7.91. The van der Waals surface area contributed by atoms with Crippen LogP contribution in [0.1, 0.15) is 57.8 Å². The molecule has 0 unspecified atom stereocenters. The van der Waals surface area contributed by atoms with E-state index in [1.54, 1.807) is 0 Å². The smallest absolute Gasteiger partial charge is 0.166 e. The Kier molecular flexibility index (Phi) is 6.73. The molecule has 0 radical (unpaired) electrons. The van der Waals surface area contributed by atoms with E-state index in [9.17, 15) is 0 Å². The zero-order chi connectivity index (χ0) is 10.9. The molecule has 1 rings (SSSR count). The average molecular weight is 228 g/mol. The summed E-state index contributed by atoms with van der Waals surface area (Å²) in [5, 5.41) is 7.20. The maximum atomic E-state index is 5.15. The van der Waals surface area contributed by atoms with E-state index < -0.39 is 0 Å². The largest absolute Gasteiger partial charge is 0.366 e. The van der Waals surface area contributed by atoms with Crippen LogP contribution in [0.3, 0.4) is 0 Å². The van der Waals surface area contributed by atoms with Gasteiger partial charge in [0, 0.05) is 13.1 Å². The summed E-state index contributed by atoms with van der Waals surface area (Å²) in [7, 11) is 1.88. The lowest BCUT2D eigenvalue weighted by atomic mass is 9.97. The van der Waals surface area contributed by atoms with Crippen LogP contribution < -0.4 is 10.6 Å². The van der Waals surface area contributed by atoms with Gasteiger partial charge < -0.3 is 10.6 Å². The molecule has 0 atom stereocenters. The van der Waals surface area contributed by atoms with E-state index in [1.165, 1.54) is 57.8 Å². The Morgan fingerprint density at radius 3 is 1.87 bits per heavy atom. The van der Waals surface area contributed by atoms with Crippen LogP contribution in [0.5, 0.6) is 0 Å². The number of hydrogen-bond donors (Lipinski definition) is 2. The summed E-state index contributed by atoms with van der Waals surface area (Å²) >= 11 is 5.15. The highest BCUT2D eigenvalue weighted by Crippen LogP contribution is 2.16. The molecular formula is C12H24N2S. The lowest BCUT2D eigenvalue weighted by Crippen LogP contribution is -2.40. The Morgan fingerprint density at radius 1 is 0.933 bits per heavy atom. The van der Waals surface area contributed by atoms with Gasteiger partial charge in [0.05, 0.1) is 0 Å². The number of hydrogen-bond acceptors (Lipinski definition) is 1. The van der Waals surface area contributed by atoms with Gasteiger partial charge in [0.25, 0.3) is 0 Å². The van der Waals surface area contributed by atoms with Crippen molar-refractivity contribution in [3.8, 4) is 0 Å². The molecule has 0 spiro atoms. The minimum absolute atomic E-state index is 0.600. The third-order valence-electron chi connectivity index (χ3n) is 3.17. The van der Waals surface area contributed by atoms with Gasteiger partial charge in [-0.1, -0.05) is 44.9 Å². The fourth-order valence-corrected chi connectivity index (χ4v) is 2.38. The summed E-state index contributed by atoms with van der Waals surface area (Å²) in [6, 6.07) is 0.600. The van der Waals surface area contributed by atoms with Gasteiger partial charge in [0.1, 0.15) is 0 Å². The molecular weight excluding hydrogens is 204 g/mol. The van der Waals surface area contributed by atoms with Crippen LogP contribution in [0.4, 0.5) is 0 Å². The van der Waals surface area contributed by atoms with Gasteiger partial charge in [-0.15, -0.1) is 0 Å². The van der Waals surface area contributed by atoms with Crippen molar-refractivity contribution in [1.29, 1.82) is 0 Å². The molecule has 15 heavy (non-hydrogen) atoms. The van der Waals surface area contributed by atoms with Crippen molar-refractivity contribution in [2.75, 3.05) is 7.05 Å². The first kappa shape index (κ1) is 12.8.